The molecule has 0 aliphatic carbocycles. The Hall–Kier alpha value is -2.04. The van der Waals surface area contributed by atoms with Gasteiger partial charge in [0.05, 0.1) is 6.61 Å². The molecule has 1 rings (SSSR count). The highest BCUT2D eigenvalue weighted by Gasteiger charge is 2.72. The van der Waals surface area contributed by atoms with Crippen molar-refractivity contribution in [1.29, 1.82) is 0 Å². The minimum atomic E-state index is -5.89. The van der Waals surface area contributed by atoms with Crippen molar-refractivity contribution < 1.29 is 40.3 Å². The number of carbonyl (C=O) groups is 1. The van der Waals surface area contributed by atoms with Gasteiger partial charge < -0.3 is 4.74 Å². The highest BCUT2D eigenvalue weighted by molar-refractivity contribution is 5.68. The van der Waals surface area contributed by atoms with E-state index < -0.39 is 43.1 Å². The molecule has 4 nitrogen and oxygen atoms in total. The summed E-state index contributed by atoms with van der Waals surface area (Å²) in [5, 5.41) is 2.13. The number of amides is 1. The van der Waals surface area contributed by atoms with E-state index in [1.807, 2.05) is 0 Å². The van der Waals surface area contributed by atoms with Crippen LogP contribution in [-0.4, -0.2) is 37.3 Å². The molecular weight excluding hydrogens is 361 g/mol. The third-order valence-electron chi connectivity index (χ3n) is 3.13. The summed E-state index contributed by atoms with van der Waals surface area (Å²) in [6, 6.07) is 4.48. The van der Waals surface area contributed by atoms with Crippen molar-refractivity contribution in [3.05, 3.63) is 35.6 Å². The van der Waals surface area contributed by atoms with Gasteiger partial charge in [-0.3, -0.25) is 10.6 Å². The molecule has 1 amide bonds. The zero-order valence-corrected chi connectivity index (χ0v) is 12.9. The van der Waals surface area contributed by atoms with Gasteiger partial charge in [0, 0.05) is 6.54 Å². The topological polar surface area (TPSA) is 50.4 Å². The normalized spacial score (nSPS) is 12.8. The second-order valence-electron chi connectivity index (χ2n) is 4.89. The van der Waals surface area contributed by atoms with Crippen LogP contribution in [-0.2, 0) is 11.2 Å². The molecule has 0 heterocycles. The second kappa shape index (κ2) is 7.89. The Morgan fingerprint density at radius 3 is 2.00 bits per heavy atom. The molecule has 0 saturated heterocycles. The van der Waals surface area contributed by atoms with Crippen molar-refractivity contribution in [1.82, 2.24) is 10.6 Å². The lowest BCUT2D eigenvalue weighted by Crippen LogP contribution is -2.75. The van der Waals surface area contributed by atoms with Crippen molar-refractivity contribution in [2.24, 2.45) is 0 Å². The van der Waals surface area contributed by atoms with E-state index in [2.05, 4.69) is 4.74 Å². The molecule has 142 valence electrons. The van der Waals surface area contributed by atoms with Gasteiger partial charge in [0.15, 0.2) is 0 Å². The lowest BCUT2D eigenvalue weighted by atomic mass is 10.1. The van der Waals surface area contributed by atoms with Gasteiger partial charge >= 0.3 is 18.4 Å². The predicted molar refractivity (Wildman–Crippen MR) is 73.1 cm³/mol. The maximum absolute atomic E-state index is 13.1. The van der Waals surface area contributed by atoms with Crippen molar-refractivity contribution in [2.75, 3.05) is 13.2 Å². The van der Waals surface area contributed by atoms with E-state index >= 15 is 0 Å². The number of halogens is 7. The maximum atomic E-state index is 13.1. The Bertz CT molecular complexity index is 556. The number of alkyl halides is 6. The van der Waals surface area contributed by atoms with Crippen LogP contribution in [0.15, 0.2) is 24.3 Å². The zero-order chi connectivity index (χ0) is 19.3. The second-order valence-corrected chi connectivity index (χ2v) is 4.89. The largest absolute Gasteiger partial charge is 0.450 e. The molecular formula is C14H15F7N2O2. The molecule has 0 aromatic heterocycles. The number of rotatable bonds is 6. The fraction of sp³-hybridized carbons (Fsp3) is 0.500. The number of carbonyl (C=O) groups excluding carboxylic acids is 1. The standard InChI is InChI=1S/C14H15F7N2O2/c1-2-25-11(24)23-12(13(16,17)18,14(19,20)21)22-8-7-9-3-5-10(15)6-4-9/h3-6,22H,2,7-8H2,1H3,(H,23,24). The molecule has 1 aromatic carbocycles. The summed E-state index contributed by atoms with van der Waals surface area (Å²) >= 11 is 0. The lowest BCUT2D eigenvalue weighted by molar-refractivity contribution is -0.315. The first-order valence-corrected chi connectivity index (χ1v) is 7.01. The van der Waals surface area contributed by atoms with Gasteiger partial charge in [0.25, 0.3) is 5.66 Å². The van der Waals surface area contributed by atoms with E-state index in [0.717, 1.165) is 17.4 Å². The van der Waals surface area contributed by atoms with Gasteiger partial charge in [-0.25, -0.2) is 9.18 Å². The Kier molecular flexibility index (Phi) is 6.63. The molecule has 1 aromatic rings. The van der Waals surface area contributed by atoms with Gasteiger partial charge in [-0.2, -0.15) is 26.3 Å². The summed E-state index contributed by atoms with van der Waals surface area (Å²) in [5.41, 5.74) is -4.37. The van der Waals surface area contributed by atoms with Crippen molar-refractivity contribution in [3.8, 4) is 0 Å². The fourth-order valence-corrected chi connectivity index (χ4v) is 1.91. The van der Waals surface area contributed by atoms with Crippen LogP contribution in [0.1, 0.15) is 12.5 Å². The minimum absolute atomic E-state index is 0.265. The molecule has 2 N–H and O–H groups in total. The van der Waals surface area contributed by atoms with Crippen LogP contribution in [0.5, 0.6) is 0 Å². The first kappa shape index (κ1) is 21.0. The van der Waals surface area contributed by atoms with Gasteiger partial charge in [0.2, 0.25) is 0 Å². The first-order chi connectivity index (χ1) is 11.4. The van der Waals surface area contributed by atoms with E-state index in [4.69, 9.17) is 0 Å². The molecule has 0 aliphatic heterocycles. The Morgan fingerprint density at radius 1 is 1.04 bits per heavy atom. The van der Waals surface area contributed by atoms with Crippen molar-refractivity contribution >= 4 is 6.09 Å². The molecule has 0 radical (unpaired) electrons. The Balaban J connectivity index is 2.99. The maximum Gasteiger partial charge on any atom is 0.434 e. The summed E-state index contributed by atoms with van der Waals surface area (Å²) in [7, 11) is 0. The average molecular weight is 376 g/mol. The lowest BCUT2D eigenvalue weighted by Gasteiger charge is -2.38. The van der Waals surface area contributed by atoms with E-state index in [0.29, 0.717) is 5.56 Å². The summed E-state index contributed by atoms with van der Waals surface area (Å²) in [5.74, 6) is -0.597. The van der Waals surface area contributed by atoms with Crippen LogP contribution >= 0.6 is 0 Å². The molecule has 0 unspecified atom stereocenters. The molecule has 25 heavy (non-hydrogen) atoms. The van der Waals surface area contributed by atoms with Gasteiger partial charge in [-0.05, 0) is 31.0 Å². The van der Waals surface area contributed by atoms with Gasteiger partial charge in [0.1, 0.15) is 5.82 Å². The monoisotopic (exact) mass is 376 g/mol. The highest BCUT2D eigenvalue weighted by Crippen LogP contribution is 2.41. The number of hydrogen-bond donors (Lipinski definition) is 2. The Labute approximate surface area is 138 Å². The van der Waals surface area contributed by atoms with Crippen LogP contribution in [0, 0.1) is 5.82 Å². The minimum Gasteiger partial charge on any atom is -0.450 e. The van der Waals surface area contributed by atoms with E-state index in [1.54, 1.807) is 0 Å². The molecule has 0 aliphatic rings. The predicted octanol–water partition coefficient (Wildman–Crippen LogP) is 3.52. The van der Waals surface area contributed by atoms with Crippen LogP contribution in [0.25, 0.3) is 0 Å². The summed E-state index contributed by atoms with van der Waals surface area (Å²) in [4.78, 5) is 11.2. The van der Waals surface area contributed by atoms with Gasteiger partial charge in [-0.15, -0.1) is 0 Å². The molecule has 0 bridgehead atoms. The fourth-order valence-electron chi connectivity index (χ4n) is 1.91. The molecule has 0 atom stereocenters. The summed E-state index contributed by atoms with van der Waals surface area (Å²) in [6.07, 6.45) is -13.9. The van der Waals surface area contributed by atoms with E-state index in [9.17, 15) is 35.5 Å². The number of nitrogens with one attached hydrogen (secondary N) is 2. The SMILES string of the molecule is CCOC(=O)NC(NCCc1ccc(F)cc1)(C(F)(F)F)C(F)(F)F. The van der Waals surface area contributed by atoms with Crippen molar-refractivity contribution in [3.63, 3.8) is 0 Å². The zero-order valence-electron chi connectivity index (χ0n) is 12.9. The third kappa shape index (κ3) is 5.21. The smallest absolute Gasteiger partial charge is 0.434 e. The Morgan fingerprint density at radius 2 is 1.56 bits per heavy atom. The van der Waals surface area contributed by atoms with Gasteiger partial charge in [-0.1, -0.05) is 12.1 Å². The molecule has 11 heteroatoms. The average Bonchev–Trinajstić information content (AvgIpc) is 2.46. The number of benzene rings is 1. The summed E-state index contributed by atoms with van der Waals surface area (Å²) < 4.78 is 95.8. The number of alkyl carbamates (subject to hydrolysis) is 1. The highest BCUT2D eigenvalue weighted by atomic mass is 19.4. The van der Waals surface area contributed by atoms with Crippen LogP contribution in [0.4, 0.5) is 35.5 Å². The van der Waals surface area contributed by atoms with Crippen LogP contribution in [0.2, 0.25) is 0 Å². The summed E-state index contributed by atoms with van der Waals surface area (Å²) in [6.45, 7) is 0.0225. The molecule has 0 fully saturated rings. The number of hydrogen-bond acceptors (Lipinski definition) is 3. The third-order valence-corrected chi connectivity index (χ3v) is 3.13. The van der Waals surface area contributed by atoms with Crippen LogP contribution < -0.4 is 10.6 Å². The number of ether oxygens (including phenoxy) is 1. The van der Waals surface area contributed by atoms with E-state index in [1.165, 1.54) is 24.4 Å². The molecule has 0 saturated carbocycles. The van der Waals surface area contributed by atoms with Crippen molar-refractivity contribution in [2.45, 2.75) is 31.4 Å². The van der Waals surface area contributed by atoms with E-state index in [-0.39, 0.29) is 6.42 Å². The molecule has 0 spiro atoms. The first-order valence-electron chi connectivity index (χ1n) is 7.01. The quantitative estimate of drug-likeness (QED) is 0.590. The van der Waals surface area contributed by atoms with Crippen LogP contribution in [0.3, 0.4) is 0 Å².